The van der Waals surface area contributed by atoms with E-state index in [-0.39, 0.29) is 12.5 Å². The van der Waals surface area contributed by atoms with Crippen LogP contribution in [0.5, 0.6) is 0 Å². The van der Waals surface area contributed by atoms with Crippen LogP contribution in [0.1, 0.15) is 31.7 Å². The highest BCUT2D eigenvalue weighted by molar-refractivity contribution is 5.86. The molecule has 0 aromatic heterocycles. The van der Waals surface area contributed by atoms with Crippen LogP contribution < -0.4 is 0 Å². The zero-order valence-electron chi connectivity index (χ0n) is 10.2. The van der Waals surface area contributed by atoms with Crippen LogP contribution in [0, 0.1) is 0 Å². The number of carboxylic acid groups (broad SMARTS) is 1. The van der Waals surface area contributed by atoms with Crippen molar-refractivity contribution in [3.05, 3.63) is 47.0 Å². The van der Waals surface area contributed by atoms with Gasteiger partial charge in [-0.2, -0.15) is 0 Å². The van der Waals surface area contributed by atoms with Crippen LogP contribution in [0.4, 0.5) is 0 Å². The second-order valence-electron chi connectivity index (χ2n) is 4.20. The van der Waals surface area contributed by atoms with Gasteiger partial charge in [-0.25, -0.2) is 4.79 Å². The zero-order chi connectivity index (χ0) is 12.8. The summed E-state index contributed by atoms with van der Waals surface area (Å²) in [5, 5.41) is 18.3. The molecule has 0 amide bonds. The van der Waals surface area contributed by atoms with E-state index >= 15 is 0 Å². The number of aliphatic hydroxyl groups is 1. The first kappa shape index (κ1) is 13.5. The molecular formula is C14H18O3. The Morgan fingerprint density at radius 1 is 1.24 bits per heavy atom. The third kappa shape index (κ3) is 3.71. The van der Waals surface area contributed by atoms with Crippen molar-refractivity contribution in [2.24, 2.45) is 0 Å². The summed E-state index contributed by atoms with van der Waals surface area (Å²) in [7, 11) is 0. The fourth-order valence-electron chi connectivity index (χ4n) is 1.72. The molecule has 0 fully saturated rings. The smallest absolute Gasteiger partial charge is 0.331 e. The Morgan fingerprint density at radius 3 is 2.29 bits per heavy atom. The van der Waals surface area contributed by atoms with Crippen LogP contribution in [0.2, 0.25) is 0 Å². The molecule has 3 heteroatoms. The van der Waals surface area contributed by atoms with Crippen LogP contribution in [0.15, 0.2) is 41.5 Å². The summed E-state index contributed by atoms with van der Waals surface area (Å²) in [6, 6.07) is 9.65. The van der Waals surface area contributed by atoms with Crippen LogP contribution in [-0.2, 0) is 4.79 Å². The second kappa shape index (κ2) is 6.21. The van der Waals surface area contributed by atoms with Crippen LogP contribution >= 0.6 is 0 Å². The molecule has 3 nitrogen and oxygen atoms in total. The molecule has 1 rings (SSSR count). The van der Waals surface area contributed by atoms with Crippen molar-refractivity contribution in [2.45, 2.75) is 26.2 Å². The molecule has 0 saturated carbocycles. The number of hydrogen-bond donors (Lipinski definition) is 2. The van der Waals surface area contributed by atoms with Gasteiger partial charge in [-0.3, -0.25) is 0 Å². The summed E-state index contributed by atoms with van der Waals surface area (Å²) in [6.07, 6.45) is 0.568. The van der Waals surface area contributed by atoms with Gasteiger partial charge in [0, 0.05) is 11.5 Å². The van der Waals surface area contributed by atoms with Gasteiger partial charge in [0.25, 0.3) is 0 Å². The first-order valence-corrected chi connectivity index (χ1v) is 5.61. The topological polar surface area (TPSA) is 57.5 Å². The molecule has 0 aliphatic heterocycles. The molecule has 0 saturated heterocycles. The van der Waals surface area contributed by atoms with Crippen molar-refractivity contribution in [1.29, 1.82) is 0 Å². The quantitative estimate of drug-likeness (QED) is 0.770. The Morgan fingerprint density at radius 2 is 1.82 bits per heavy atom. The Kier molecular flexibility index (Phi) is 4.91. The van der Waals surface area contributed by atoms with Gasteiger partial charge in [0.1, 0.15) is 0 Å². The first-order chi connectivity index (χ1) is 8.06. The Bertz CT molecular complexity index is 407. The van der Waals surface area contributed by atoms with Gasteiger partial charge in [-0.05, 0) is 25.8 Å². The second-order valence-corrected chi connectivity index (χ2v) is 4.20. The highest BCUT2D eigenvalue weighted by Gasteiger charge is 2.13. The van der Waals surface area contributed by atoms with E-state index in [0.717, 1.165) is 11.1 Å². The van der Waals surface area contributed by atoms with Crippen LogP contribution in [0.3, 0.4) is 0 Å². The van der Waals surface area contributed by atoms with Gasteiger partial charge in [0.05, 0.1) is 6.61 Å². The molecular weight excluding hydrogens is 216 g/mol. The van der Waals surface area contributed by atoms with E-state index < -0.39 is 5.97 Å². The molecule has 1 aromatic carbocycles. The third-order valence-electron chi connectivity index (χ3n) is 3.00. The minimum Gasteiger partial charge on any atom is -0.478 e. The predicted molar refractivity (Wildman–Crippen MR) is 66.9 cm³/mol. The van der Waals surface area contributed by atoms with Gasteiger partial charge in [0.2, 0.25) is 0 Å². The molecule has 17 heavy (non-hydrogen) atoms. The molecule has 0 spiro atoms. The number of aliphatic carboxylic acids is 1. The van der Waals surface area contributed by atoms with E-state index in [1.54, 1.807) is 13.8 Å². The molecule has 2 N–H and O–H groups in total. The number of carbonyl (C=O) groups is 1. The predicted octanol–water partition coefficient (Wildman–Crippen LogP) is 2.57. The lowest BCUT2D eigenvalue weighted by Crippen LogP contribution is -2.07. The van der Waals surface area contributed by atoms with E-state index in [9.17, 15) is 9.90 Å². The molecule has 0 radical (unpaired) electrons. The molecule has 92 valence electrons. The number of carboxylic acids is 1. The number of allylic oxidation sites excluding steroid dienone is 1. The summed E-state index contributed by atoms with van der Waals surface area (Å²) in [5.41, 5.74) is 2.20. The number of hydrogen-bond acceptors (Lipinski definition) is 2. The third-order valence-corrected chi connectivity index (χ3v) is 3.00. The molecule has 0 aliphatic carbocycles. The van der Waals surface area contributed by atoms with E-state index in [4.69, 9.17) is 5.11 Å². The standard InChI is InChI=1S/C14H18O3/c1-10(11(2)14(16)17)8-13(9-15)12-6-4-3-5-7-12/h3-7,13,15H,8-9H2,1-2H3,(H,16,17). The van der Waals surface area contributed by atoms with Crippen molar-refractivity contribution < 1.29 is 15.0 Å². The van der Waals surface area contributed by atoms with Crippen molar-refractivity contribution in [1.82, 2.24) is 0 Å². The Hall–Kier alpha value is -1.61. The number of benzene rings is 1. The van der Waals surface area contributed by atoms with E-state index in [1.807, 2.05) is 30.3 Å². The van der Waals surface area contributed by atoms with Gasteiger partial charge >= 0.3 is 5.97 Å². The first-order valence-electron chi connectivity index (χ1n) is 5.61. The molecule has 1 atom stereocenters. The van der Waals surface area contributed by atoms with Gasteiger partial charge < -0.3 is 10.2 Å². The molecule has 0 bridgehead atoms. The van der Waals surface area contributed by atoms with Gasteiger partial charge in [-0.15, -0.1) is 0 Å². The molecule has 0 heterocycles. The minimum absolute atomic E-state index is 0.0221. The normalized spacial score (nSPS) is 14.1. The maximum Gasteiger partial charge on any atom is 0.331 e. The van der Waals surface area contributed by atoms with E-state index in [1.165, 1.54) is 0 Å². The summed E-state index contributed by atoms with van der Waals surface area (Å²) in [4.78, 5) is 10.8. The van der Waals surface area contributed by atoms with Crippen LogP contribution in [0.25, 0.3) is 0 Å². The number of rotatable bonds is 5. The SMILES string of the molecule is CC(CC(CO)c1ccccc1)=C(C)C(=O)O. The summed E-state index contributed by atoms with van der Waals surface area (Å²) >= 11 is 0. The molecule has 1 unspecified atom stereocenters. The van der Waals surface area contributed by atoms with Crippen LogP contribution in [-0.4, -0.2) is 22.8 Å². The molecule has 0 aliphatic rings. The Balaban J connectivity index is 2.85. The lowest BCUT2D eigenvalue weighted by molar-refractivity contribution is -0.132. The monoisotopic (exact) mass is 234 g/mol. The van der Waals surface area contributed by atoms with Gasteiger partial charge in [0.15, 0.2) is 0 Å². The maximum atomic E-state index is 10.8. The van der Waals surface area contributed by atoms with Gasteiger partial charge in [-0.1, -0.05) is 35.9 Å². The zero-order valence-corrected chi connectivity index (χ0v) is 10.2. The van der Waals surface area contributed by atoms with Crippen molar-refractivity contribution in [3.63, 3.8) is 0 Å². The van der Waals surface area contributed by atoms with E-state index in [2.05, 4.69) is 0 Å². The summed E-state index contributed by atoms with van der Waals surface area (Å²) < 4.78 is 0. The lowest BCUT2D eigenvalue weighted by atomic mass is 9.91. The average molecular weight is 234 g/mol. The lowest BCUT2D eigenvalue weighted by Gasteiger charge is -2.15. The van der Waals surface area contributed by atoms with Crippen molar-refractivity contribution in [3.8, 4) is 0 Å². The largest absolute Gasteiger partial charge is 0.478 e. The highest BCUT2D eigenvalue weighted by Crippen LogP contribution is 2.24. The number of aliphatic hydroxyl groups excluding tert-OH is 1. The van der Waals surface area contributed by atoms with E-state index in [0.29, 0.717) is 12.0 Å². The van der Waals surface area contributed by atoms with Crippen molar-refractivity contribution >= 4 is 5.97 Å². The summed E-state index contributed by atoms with van der Waals surface area (Å²) in [6.45, 7) is 3.42. The molecule has 1 aromatic rings. The Labute approximate surface area is 101 Å². The fourth-order valence-corrected chi connectivity index (χ4v) is 1.72. The fraction of sp³-hybridized carbons (Fsp3) is 0.357. The minimum atomic E-state index is -0.896. The summed E-state index contributed by atoms with van der Waals surface area (Å²) in [5.74, 6) is -0.933. The average Bonchev–Trinajstić information content (AvgIpc) is 2.35. The van der Waals surface area contributed by atoms with Crippen molar-refractivity contribution in [2.75, 3.05) is 6.61 Å². The maximum absolute atomic E-state index is 10.8. The highest BCUT2D eigenvalue weighted by atomic mass is 16.4.